The smallest absolute Gasteiger partial charge is 0.306 e. The topological polar surface area (TPSA) is 79.0 Å². The summed E-state index contributed by atoms with van der Waals surface area (Å²) < 4.78 is 5.53. The van der Waals surface area contributed by atoms with Crippen LogP contribution in [0.5, 0.6) is 0 Å². The third kappa shape index (κ3) is 8.27. The lowest BCUT2D eigenvalue weighted by Crippen LogP contribution is -2.62. The second kappa shape index (κ2) is 12.7. The molecule has 0 aromatic heterocycles. The van der Waals surface area contributed by atoms with Crippen molar-refractivity contribution in [1.29, 1.82) is 0 Å². The SMILES string of the molecule is CC(C)C[C@@H]1NCCN([C@@H](CC(C)C)C(=O)N2CCC(CC(=O)OC(C)C(C)C)CC2)C1=O. The van der Waals surface area contributed by atoms with Gasteiger partial charge in [-0.05, 0) is 56.3 Å². The Labute approximate surface area is 201 Å². The standard InChI is InChI=1S/C26H47N3O4/c1-17(2)14-22-25(31)29(13-10-27-22)23(15-18(3)4)26(32)28-11-8-21(9-12-28)16-24(30)33-20(7)19(5)6/h17-23,27H,8-16H2,1-7H3/t20?,22-,23-/m0/s1. The molecule has 2 heterocycles. The van der Waals surface area contributed by atoms with Gasteiger partial charge in [-0.25, -0.2) is 0 Å². The van der Waals surface area contributed by atoms with Crippen LogP contribution in [0.2, 0.25) is 0 Å². The lowest BCUT2D eigenvalue weighted by Gasteiger charge is -2.42. The Morgan fingerprint density at radius 2 is 1.64 bits per heavy atom. The molecule has 33 heavy (non-hydrogen) atoms. The Kier molecular flexibility index (Phi) is 10.6. The molecule has 0 bridgehead atoms. The molecule has 0 aliphatic carbocycles. The van der Waals surface area contributed by atoms with Gasteiger partial charge < -0.3 is 19.9 Å². The minimum absolute atomic E-state index is 0.0610. The van der Waals surface area contributed by atoms with Gasteiger partial charge in [-0.2, -0.15) is 0 Å². The van der Waals surface area contributed by atoms with Crippen molar-refractivity contribution in [1.82, 2.24) is 15.1 Å². The number of piperazine rings is 1. The highest BCUT2D eigenvalue weighted by Crippen LogP contribution is 2.25. The zero-order chi connectivity index (χ0) is 24.7. The van der Waals surface area contributed by atoms with Crippen LogP contribution in [-0.4, -0.2) is 72.0 Å². The normalized spacial score (nSPS) is 22.2. The molecule has 190 valence electrons. The van der Waals surface area contributed by atoms with Crippen molar-refractivity contribution < 1.29 is 19.1 Å². The van der Waals surface area contributed by atoms with Crippen LogP contribution in [0.25, 0.3) is 0 Å². The highest BCUT2D eigenvalue weighted by molar-refractivity contribution is 5.90. The van der Waals surface area contributed by atoms with E-state index < -0.39 is 6.04 Å². The minimum Gasteiger partial charge on any atom is -0.462 e. The molecule has 2 amide bonds. The third-order valence-corrected chi connectivity index (χ3v) is 7.03. The first-order chi connectivity index (χ1) is 15.5. The van der Waals surface area contributed by atoms with Crippen LogP contribution < -0.4 is 5.32 Å². The summed E-state index contributed by atoms with van der Waals surface area (Å²) in [5.74, 6) is 1.28. The van der Waals surface area contributed by atoms with Gasteiger partial charge in [-0.15, -0.1) is 0 Å². The van der Waals surface area contributed by atoms with Gasteiger partial charge in [0.05, 0.1) is 6.04 Å². The molecule has 0 saturated carbocycles. The van der Waals surface area contributed by atoms with E-state index in [4.69, 9.17) is 4.74 Å². The predicted molar refractivity (Wildman–Crippen MR) is 131 cm³/mol. The molecule has 0 radical (unpaired) electrons. The van der Waals surface area contributed by atoms with Crippen molar-refractivity contribution in [3.63, 3.8) is 0 Å². The number of amides is 2. The number of nitrogens with one attached hydrogen (secondary N) is 1. The van der Waals surface area contributed by atoms with Crippen LogP contribution in [0.3, 0.4) is 0 Å². The van der Waals surface area contributed by atoms with Crippen molar-refractivity contribution in [2.24, 2.45) is 23.7 Å². The molecule has 7 nitrogen and oxygen atoms in total. The van der Waals surface area contributed by atoms with Gasteiger partial charge in [-0.1, -0.05) is 41.5 Å². The molecule has 0 aromatic carbocycles. The highest BCUT2D eigenvalue weighted by atomic mass is 16.5. The first kappa shape index (κ1) is 27.6. The average molecular weight is 466 g/mol. The Hall–Kier alpha value is -1.63. The fraction of sp³-hybridized carbons (Fsp3) is 0.885. The molecular formula is C26H47N3O4. The van der Waals surface area contributed by atoms with Crippen LogP contribution in [0, 0.1) is 23.7 Å². The number of esters is 1. The number of ether oxygens (including phenoxy) is 1. The van der Waals surface area contributed by atoms with E-state index in [1.165, 1.54) is 0 Å². The molecule has 1 unspecified atom stereocenters. The summed E-state index contributed by atoms with van der Waals surface area (Å²) in [6.45, 7) is 17.1. The fourth-order valence-electron chi connectivity index (χ4n) is 4.73. The summed E-state index contributed by atoms with van der Waals surface area (Å²) in [4.78, 5) is 42.8. The van der Waals surface area contributed by atoms with Gasteiger partial charge in [0.1, 0.15) is 12.1 Å². The van der Waals surface area contributed by atoms with Gasteiger partial charge in [0, 0.05) is 32.6 Å². The van der Waals surface area contributed by atoms with Crippen molar-refractivity contribution in [3.05, 3.63) is 0 Å². The Balaban J connectivity index is 1.97. The molecule has 2 rings (SSSR count). The first-order valence-corrected chi connectivity index (χ1v) is 13.0. The van der Waals surface area contributed by atoms with Gasteiger partial charge >= 0.3 is 5.97 Å². The Morgan fingerprint density at radius 1 is 1.00 bits per heavy atom. The Bertz CT molecular complexity index is 656. The third-order valence-electron chi connectivity index (χ3n) is 7.03. The van der Waals surface area contributed by atoms with Crippen LogP contribution in [0.4, 0.5) is 0 Å². The summed E-state index contributed by atoms with van der Waals surface area (Å²) in [7, 11) is 0. The van der Waals surface area contributed by atoms with Crippen molar-refractivity contribution in [2.75, 3.05) is 26.2 Å². The second-order valence-electron chi connectivity index (χ2n) is 11.2. The fourth-order valence-corrected chi connectivity index (χ4v) is 4.73. The number of hydrogen-bond acceptors (Lipinski definition) is 5. The van der Waals surface area contributed by atoms with E-state index in [0.29, 0.717) is 50.2 Å². The van der Waals surface area contributed by atoms with E-state index in [1.807, 2.05) is 30.6 Å². The quantitative estimate of drug-likeness (QED) is 0.500. The maximum absolute atomic E-state index is 13.6. The van der Waals surface area contributed by atoms with Crippen LogP contribution in [-0.2, 0) is 19.1 Å². The number of carbonyl (C=O) groups is 3. The number of carbonyl (C=O) groups excluding carboxylic acids is 3. The van der Waals surface area contributed by atoms with E-state index in [2.05, 4.69) is 33.0 Å². The molecule has 0 aromatic rings. The average Bonchev–Trinajstić information content (AvgIpc) is 2.73. The lowest BCUT2D eigenvalue weighted by atomic mass is 9.92. The Morgan fingerprint density at radius 3 is 2.18 bits per heavy atom. The summed E-state index contributed by atoms with van der Waals surface area (Å²) in [5, 5.41) is 3.34. The molecule has 2 aliphatic heterocycles. The van der Waals surface area contributed by atoms with E-state index in [0.717, 1.165) is 25.8 Å². The van der Waals surface area contributed by atoms with Crippen LogP contribution in [0.15, 0.2) is 0 Å². The molecule has 0 spiro atoms. The van der Waals surface area contributed by atoms with E-state index >= 15 is 0 Å². The number of hydrogen-bond donors (Lipinski definition) is 1. The largest absolute Gasteiger partial charge is 0.462 e. The molecule has 3 atom stereocenters. The van der Waals surface area contributed by atoms with Crippen molar-refractivity contribution in [2.45, 2.75) is 98.8 Å². The van der Waals surface area contributed by atoms with E-state index in [1.54, 1.807) is 0 Å². The summed E-state index contributed by atoms with van der Waals surface area (Å²) in [6.07, 6.45) is 3.41. The zero-order valence-corrected chi connectivity index (χ0v) is 21.9. The maximum atomic E-state index is 13.6. The molecule has 7 heteroatoms. The molecular weight excluding hydrogens is 418 g/mol. The molecule has 2 saturated heterocycles. The van der Waals surface area contributed by atoms with E-state index in [-0.39, 0.29) is 35.8 Å². The second-order valence-corrected chi connectivity index (χ2v) is 11.2. The number of piperidine rings is 1. The monoisotopic (exact) mass is 465 g/mol. The molecule has 1 N–H and O–H groups in total. The van der Waals surface area contributed by atoms with Gasteiger partial charge in [0.25, 0.3) is 0 Å². The summed E-state index contributed by atoms with van der Waals surface area (Å²) in [5.41, 5.74) is 0. The van der Waals surface area contributed by atoms with Crippen molar-refractivity contribution in [3.8, 4) is 0 Å². The highest BCUT2D eigenvalue weighted by Gasteiger charge is 2.39. The van der Waals surface area contributed by atoms with Gasteiger partial charge in [0.2, 0.25) is 11.8 Å². The zero-order valence-electron chi connectivity index (χ0n) is 21.9. The van der Waals surface area contributed by atoms with Gasteiger partial charge in [-0.3, -0.25) is 14.4 Å². The number of rotatable bonds is 10. The van der Waals surface area contributed by atoms with E-state index in [9.17, 15) is 14.4 Å². The molecule has 2 aliphatic rings. The van der Waals surface area contributed by atoms with Gasteiger partial charge in [0.15, 0.2) is 0 Å². The first-order valence-electron chi connectivity index (χ1n) is 13.0. The van der Waals surface area contributed by atoms with Crippen LogP contribution in [0.1, 0.15) is 80.6 Å². The minimum atomic E-state index is -0.400. The number of likely N-dealkylation sites (tertiary alicyclic amines) is 1. The van der Waals surface area contributed by atoms with Crippen LogP contribution >= 0.6 is 0 Å². The molecule has 2 fully saturated rings. The number of nitrogens with zero attached hydrogens (tertiary/aromatic N) is 2. The summed E-state index contributed by atoms with van der Waals surface area (Å²) >= 11 is 0. The van der Waals surface area contributed by atoms with Crippen molar-refractivity contribution >= 4 is 17.8 Å². The predicted octanol–water partition coefficient (Wildman–Crippen LogP) is 3.46. The maximum Gasteiger partial charge on any atom is 0.306 e. The lowest BCUT2D eigenvalue weighted by molar-refractivity contribution is -0.153. The summed E-state index contributed by atoms with van der Waals surface area (Å²) in [6, 6.07) is -0.603.